The number of ether oxygens (including phenoxy) is 12. The van der Waals surface area contributed by atoms with E-state index in [1.807, 2.05) is 13.8 Å². The number of carbonyl (C=O) groups excluding carboxylic acids is 1. The van der Waals surface area contributed by atoms with Crippen LogP contribution in [-0.4, -0.2) is 304 Å². The number of carbonyl (C=O) groups is 1. The Balaban J connectivity index is 0.780. The molecule has 0 aromatic rings. The Morgan fingerprint density at radius 3 is 1.71 bits per heavy atom. The summed E-state index contributed by atoms with van der Waals surface area (Å²) in [6.45, 7) is 14.0. The van der Waals surface area contributed by atoms with Crippen molar-refractivity contribution < 1.29 is 148 Å². The predicted octanol–water partition coefficient (Wildman–Crippen LogP) is -4.86. The third-order valence-electron chi connectivity index (χ3n) is 24.0. The van der Waals surface area contributed by atoms with E-state index in [1.165, 1.54) is 6.92 Å². The molecule has 5 aliphatic carbocycles. The molecule has 10 fully saturated rings. The minimum Gasteiger partial charge on any atom is -0.432 e. The summed E-state index contributed by atoms with van der Waals surface area (Å²) in [6.07, 6.45) is -40.1. The molecule has 36 atom stereocenters. The van der Waals surface area contributed by atoms with Gasteiger partial charge in [-0.15, -0.1) is 0 Å². The molecule has 17 N–H and O–H groups in total. The summed E-state index contributed by atoms with van der Waals surface area (Å²) < 4.78 is 70.3. The Kier molecular flexibility index (Phi) is 20.4. The van der Waals surface area contributed by atoms with Gasteiger partial charge in [0.15, 0.2) is 37.6 Å². The molecule has 11 aliphatic rings. The zero-order valence-electron chi connectivity index (χ0n) is 53.2. The predicted molar refractivity (Wildman–Crippen MR) is 305 cm³/mol. The van der Waals surface area contributed by atoms with Crippen molar-refractivity contribution in [1.82, 2.24) is 0 Å². The first-order chi connectivity index (χ1) is 43.0. The quantitative estimate of drug-likeness (QED) is 0.0467. The van der Waals surface area contributed by atoms with Crippen LogP contribution >= 0.6 is 0 Å². The minimum atomic E-state index is -1.98. The summed E-state index contributed by atoms with van der Waals surface area (Å²) in [6, 6.07) is 0. The van der Waals surface area contributed by atoms with Gasteiger partial charge in [-0.2, -0.15) is 0 Å². The molecule has 4 saturated carbocycles. The van der Waals surface area contributed by atoms with Crippen molar-refractivity contribution in [2.24, 2.45) is 50.2 Å². The fraction of sp³-hybridized carbons (Fsp3) is 0.952. The molecule has 0 spiro atoms. The van der Waals surface area contributed by atoms with Gasteiger partial charge in [-0.25, -0.2) is 0 Å². The highest BCUT2D eigenvalue weighted by molar-refractivity contribution is 5.80. The maximum absolute atomic E-state index is 15.5. The van der Waals surface area contributed by atoms with Gasteiger partial charge in [-0.3, -0.25) is 4.79 Å². The molecule has 11 rings (SSSR count). The first-order valence-corrected chi connectivity index (χ1v) is 32.5. The van der Waals surface area contributed by atoms with Gasteiger partial charge in [0.25, 0.3) is 0 Å². The second-order valence-electron chi connectivity index (χ2n) is 30.4. The highest BCUT2D eigenvalue weighted by atomic mass is 16.8. The number of rotatable bonds is 13. The van der Waals surface area contributed by atoms with Crippen LogP contribution in [0.4, 0.5) is 0 Å². The molecule has 0 radical (unpaired) electrons. The third kappa shape index (κ3) is 12.1. The number of allylic oxidation sites excluding steroid dienone is 2. The van der Waals surface area contributed by atoms with Gasteiger partial charge in [0.2, 0.25) is 6.29 Å². The van der Waals surface area contributed by atoms with Crippen molar-refractivity contribution in [3.05, 3.63) is 11.6 Å². The molecule has 0 aromatic heterocycles. The van der Waals surface area contributed by atoms with E-state index in [-0.39, 0.29) is 43.1 Å². The van der Waals surface area contributed by atoms with E-state index >= 15 is 4.79 Å². The molecule has 92 heavy (non-hydrogen) atoms. The van der Waals surface area contributed by atoms with Crippen LogP contribution < -0.4 is 0 Å². The van der Waals surface area contributed by atoms with E-state index in [4.69, 9.17) is 56.8 Å². The van der Waals surface area contributed by atoms with Crippen LogP contribution in [-0.2, 0) is 61.6 Å². The Labute approximate surface area is 532 Å². The first kappa shape index (κ1) is 71.4. The molecule has 0 amide bonds. The third-order valence-corrected chi connectivity index (χ3v) is 24.0. The summed E-state index contributed by atoms with van der Waals surface area (Å²) >= 11 is 0. The summed E-state index contributed by atoms with van der Waals surface area (Å²) in [7, 11) is 0. The van der Waals surface area contributed by atoms with Crippen molar-refractivity contribution >= 4 is 5.97 Å². The lowest BCUT2D eigenvalue weighted by atomic mass is 9.33. The van der Waals surface area contributed by atoms with Crippen LogP contribution in [0.2, 0.25) is 0 Å². The molecule has 30 heteroatoms. The standard InChI is InChI=1S/C62H100O30/c1-23-46(88-52-45(79)47(30(67)21-83-52)89-51-42(76)36(70)28(65)19-82-51)40(74)44(78)53(86-23)90-48-37(71)29(66)20-84-55(48)92-56(80)62-14-13-57(2,3)15-25(62)24-9-10-33-59(6)16-26(63)49(58(4,5)32(59)11-12-60(33,7)61(24,8)17-34(62)68)91-54-43(77)39(73)38(72)31(87-54)22-85-50-41(75)35(69)27(64)18-81-50/h9,23,25-55,63-79H,10-22H2,1-8H3/t23-,25-,26-,27-,28+,29+,30-,31+,32-,33+,34+,35-,36-,37-,38+,39-,40-,41+,42+,43+,44+,45+,46-,47-,48+,49-,50-,51-,52-,53-,54-,55-,59-,60+,61+,62+/m0/s1. The van der Waals surface area contributed by atoms with Crippen molar-refractivity contribution in [2.45, 2.75) is 285 Å². The van der Waals surface area contributed by atoms with Crippen molar-refractivity contribution in [2.75, 3.05) is 33.0 Å². The van der Waals surface area contributed by atoms with E-state index in [0.29, 0.717) is 32.1 Å². The molecular weight excluding hydrogens is 1220 g/mol. The highest BCUT2D eigenvalue weighted by Gasteiger charge is 2.73. The summed E-state index contributed by atoms with van der Waals surface area (Å²) in [5, 5.41) is 187. The van der Waals surface area contributed by atoms with Gasteiger partial charge in [-0.1, -0.05) is 60.1 Å². The Morgan fingerprint density at radius 1 is 0.500 bits per heavy atom. The zero-order chi connectivity index (χ0) is 67.0. The molecule has 0 unspecified atom stereocenters. The van der Waals surface area contributed by atoms with Crippen LogP contribution in [0.3, 0.4) is 0 Å². The molecule has 6 saturated heterocycles. The Hall–Kier alpha value is -1.91. The number of esters is 1. The number of aliphatic hydroxyl groups is 17. The van der Waals surface area contributed by atoms with Crippen molar-refractivity contribution in [1.29, 1.82) is 0 Å². The van der Waals surface area contributed by atoms with Crippen LogP contribution in [0.25, 0.3) is 0 Å². The van der Waals surface area contributed by atoms with Crippen molar-refractivity contribution in [3.63, 3.8) is 0 Å². The number of aliphatic hydroxyl groups excluding tert-OH is 17. The van der Waals surface area contributed by atoms with Crippen LogP contribution in [0.15, 0.2) is 11.6 Å². The molecule has 0 bridgehead atoms. The zero-order valence-corrected chi connectivity index (χ0v) is 53.2. The monoisotopic (exact) mass is 1320 g/mol. The summed E-state index contributed by atoms with van der Waals surface area (Å²) in [5.41, 5.74) is -3.50. The number of fused-ring (bicyclic) bond motifs is 7. The van der Waals surface area contributed by atoms with Gasteiger partial charge in [0.1, 0.15) is 115 Å². The van der Waals surface area contributed by atoms with Gasteiger partial charge in [-0.05, 0) is 103 Å². The molecule has 6 heterocycles. The lowest BCUT2D eigenvalue weighted by Gasteiger charge is -2.72. The Morgan fingerprint density at radius 2 is 1.04 bits per heavy atom. The lowest BCUT2D eigenvalue weighted by molar-refractivity contribution is -0.375. The maximum Gasteiger partial charge on any atom is 0.317 e. The highest BCUT2D eigenvalue weighted by Crippen LogP contribution is 2.76. The smallest absolute Gasteiger partial charge is 0.317 e. The van der Waals surface area contributed by atoms with Crippen LogP contribution in [0.1, 0.15) is 107 Å². The van der Waals surface area contributed by atoms with Gasteiger partial charge < -0.3 is 144 Å². The molecule has 0 aromatic carbocycles. The SMILES string of the molecule is C[C@@H]1O[C@@H](O[C@H]2[C@H](OC(=O)[C@]34CCC(C)(C)C[C@H]3C3=CC[C@@H]5[C@@]6(C)C[C@H](O)[C@H](O[C@@H]7O[C@H](CO[C@@H]8OC[C@H](O)[C@H](O)[C@H]8O)[C@@H](O)[C@H](O)[C@H]7O)C(C)(C)[C@@H]6CC[C@@]5(C)[C@]3(C)C[C@H]4O)OC[C@@H](O)[C@@H]2O)[C@H](O)[C@H](O)[C@H]1O[C@@H]1OC[C@H](O)[C@H](O[C@@H]2OC[C@@H](O)[C@H](O)[C@H]2O)[C@H]1O. The average molecular weight is 1330 g/mol. The summed E-state index contributed by atoms with van der Waals surface area (Å²) in [4.78, 5) is 15.5. The number of hydrogen-bond acceptors (Lipinski definition) is 30. The fourth-order valence-corrected chi connectivity index (χ4v) is 18.5. The molecule has 6 aliphatic heterocycles. The van der Waals surface area contributed by atoms with E-state index in [9.17, 15) is 86.8 Å². The largest absolute Gasteiger partial charge is 0.432 e. The minimum absolute atomic E-state index is 0.0890. The number of hydrogen-bond donors (Lipinski definition) is 17. The first-order valence-electron chi connectivity index (χ1n) is 32.5. The topological polar surface area (TPSA) is 472 Å². The van der Waals surface area contributed by atoms with Gasteiger partial charge >= 0.3 is 5.97 Å². The van der Waals surface area contributed by atoms with Crippen molar-refractivity contribution in [3.8, 4) is 0 Å². The fourth-order valence-electron chi connectivity index (χ4n) is 18.5. The maximum atomic E-state index is 15.5. The lowest BCUT2D eigenvalue weighted by Crippen LogP contribution is -2.70. The molecule has 528 valence electrons. The van der Waals surface area contributed by atoms with E-state index < -0.39 is 244 Å². The van der Waals surface area contributed by atoms with E-state index in [0.717, 1.165) is 5.57 Å². The summed E-state index contributed by atoms with van der Waals surface area (Å²) in [5.74, 6) is -1.61. The van der Waals surface area contributed by atoms with Gasteiger partial charge in [0, 0.05) is 0 Å². The molecule has 30 nitrogen and oxygen atoms in total. The van der Waals surface area contributed by atoms with Crippen LogP contribution in [0.5, 0.6) is 0 Å². The Bertz CT molecular complexity index is 2600. The second kappa shape index (κ2) is 26.3. The van der Waals surface area contributed by atoms with E-state index in [1.54, 1.807) is 0 Å². The van der Waals surface area contributed by atoms with Crippen LogP contribution in [0, 0.1) is 50.2 Å². The average Bonchev–Trinajstić information content (AvgIpc) is 0.671. The molecular formula is C62H100O30. The second-order valence-corrected chi connectivity index (χ2v) is 30.4. The van der Waals surface area contributed by atoms with Gasteiger partial charge in [0.05, 0.1) is 57.5 Å². The normalized spacial score (nSPS) is 55.2. The van der Waals surface area contributed by atoms with E-state index in [2.05, 4.69) is 40.7 Å².